The largest absolute Gasteiger partial charge is 0.463 e. The van der Waals surface area contributed by atoms with Gasteiger partial charge in [0.1, 0.15) is 5.75 Å². The second-order valence-electron chi connectivity index (χ2n) is 7.52. The molecule has 0 N–H and O–H groups in total. The minimum absolute atomic E-state index is 0.196. The number of nitrogens with zero attached hydrogens (tertiary/aromatic N) is 2. The Morgan fingerprint density at radius 1 is 1.15 bits per heavy atom. The van der Waals surface area contributed by atoms with E-state index in [4.69, 9.17) is 9.47 Å². The third-order valence-electron chi connectivity index (χ3n) is 5.14. The van der Waals surface area contributed by atoms with E-state index in [1.54, 1.807) is 44.2 Å². The van der Waals surface area contributed by atoms with Crippen molar-refractivity contribution in [3.8, 4) is 5.75 Å². The monoisotopic (exact) mass is 540 g/mol. The summed E-state index contributed by atoms with van der Waals surface area (Å²) in [7, 11) is 0. The second kappa shape index (κ2) is 9.90. The summed E-state index contributed by atoms with van der Waals surface area (Å²) in [4.78, 5) is 42.8. The van der Waals surface area contributed by atoms with E-state index >= 15 is 0 Å². The number of hydrogen-bond acceptors (Lipinski definition) is 7. The van der Waals surface area contributed by atoms with Gasteiger partial charge in [0.25, 0.3) is 5.56 Å². The van der Waals surface area contributed by atoms with Crippen LogP contribution in [-0.2, 0) is 14.3 Å². The molecule has 0 amide bonds. The summed E-state index contributed by atoms with van der Waals surface area (Å²) in [5.74, 6) is -0.589. The van der Waals surface area contributed by atoms with Crippen LogP contribution in [0, 0.1) is 0 Å². The molecule has 1 aromatic heterocycles. The molecule has 0 fully saturated rings. The first-order valence-corrected chi connectivity index (χ1v) is 12.1. The number of benzene rings is 2. The Morgan fingerprint density at radius 3 is 2.44 bits per heavy atom. The molecular weight excluding hydrogens is 520 g/mol. The van der Waals surface area contributed by atoms with Gasteiger partial charge in [0.15, 0.2) is 4.80 Å². The van der Waals surface area contributed by atoms with Crippen LogP contribution in [0.1, 0.15) is 37.9 Å². The molecule has 4 rings (SSSR count). The van der Waals surface area contributed by atoms with E-state index in [0.29, 0.717) is 31.9 Å². The molecule has 0 saturated heterocycles. The number of halogens is 1. The molecule has 0 unspecified atom stereocenters. The van der Waals surface area contributed by atoms with Gasteiger partial charge in [-0.3, -0.25) is 14.2 Å². The van der Waals surface area contributed by atoms with Crippen LogP contribution in [-0.4, -0.2) is 23.1 Å². The standard InChI is InChI=1S/C25H21BrN2O5S/c1-4-32-24(31)21-14(2)27-25-28(22(21)17-7-11-19(12-8-17)33-15(3)29)23(30)20(34-25)13-16-5-9-18(26)10-6-16/h5-13,22H,4H2,1-3H3/t22-/m0/s1. The van der Waals surface area contributed by atoms with Gasteiger partial charge in [0, 0.05) is 11.4 Å². The summed E-state index contributed by atoms with van der Waals surface area (Å²) in [5.41, 5.74) is 2.07. The Morgan fingerprint density at radius 2 is 1.82 bits per heavy atom. The number of rotatable bonds is 5. The summed E-state index contributed by atoms with van der Waals surface area (Å²) < 4.78 is 13.4. The van der Waals surface area contributed by atoms with Gasteiger partial charge in [0.05, 0.1) is 28.5 Å². The first-order valence-electron chi connectivity index (χ1n) is 10.5. The van der Waals surface area contributed by atoms with Gasteiger partial charge in [-0.15, -0.1) is 0 Å². The summed E-state index contributed by atoms with van der Waals surface area (Å²) in [5, 5.41) is 0. The highest BCUT2D eigenvalue weighted by molar-refractivity contribution is 9.10. The maximum absolute atomic E-state index is 13.5. The van der Waals surface area contributed by atoms with Crippen LogP contribution in [0.5, 0.6) is 5.75 Å². The Kier molecular flexibility index (Phi) is 6.95. The molecule has 1 aliphatic rings. The molecule has 7 nitrogen and oxygen atoms in total. The molecule has 2 heterocycles. The summed E-state index contributed by atoms with van der Waals surface area (Å²) in [6, 6.07) is 13.6. The first-order chi connectivity index (χ1) is 16.3. The van der Waals surface area contributed by atoms with Crippen LogP contribution in [0.4, 0.5) is 0 Å². The highest BCUT2D eigenvalue weighted by atomic mass is 79.9. The summed E-state index contributed by atoms with van der Waals surface area (Å²) in [6.07, 6.45) is 1.81. The normalized spacial score (nSPS) is 15.5. The predicted octanol–water partition coefficient (Wildman–Crippen LogP) is 3.49. The van der Waals surface area contributed by atoms with Crippen molar-refractivity contribution in [2.24, 2.45) is 4.99 Å². The van der Waals surface area contributed by atoms with Crippen LogP contribution < -0.4 is 19.6 Å². The van der Waals surface area contributed by atoms with Crippen molar-refractivity contribution in [1.82, 2.24) is 4.57 Å². The fourth-order valence-corrected chi connectivity index (χ4v) is 5.01. The maximum atomic E-state index is 13.5. The van der Waals surface area contributed by atoms with E-state index in [1.807, 2.05) is 24.3 Å². The topological polar surface area (TPSA) is 87.0 Å². The molecule has 0 aliphatic carbocycles. The number of carbonyl (C=O) groups excluding carboxylic acids is 2. The molecule has 0 saturated carbocycles. The van der Waals surface area contributed by atoms with Crippen molar-refractivity contribution in [3.05, 3.63) is 95.1 Å². The van der Waals surface area contributed by atoms with Gasteiger partial charge in [-0.2, -0.15) is 0 Å². The zero-order valence-electron chi connectivity index (χ0n) is 18.7. The van der Waals surface area contributed by atoms with Crippen molar-refractivity contribution in [3.63, 3.8) is 0 Å². The Bertz CT molecular complexity index is 1470. The predicted molar refractivity (Wildman–Crippen MR) is 132 cm³/mol. The minimum Gasteiger partial charge on any atom is -0.463 e. The van der Waals surface area contributed by atoms with Crippen molar-refractivity contribution >= 4 is 45.3 Å². The molecule has 3 aromatic rings. The third kappa shape index (κ3) is 4.80. The number of thiazole rings is 1. The van der Waals surface area contributed by atoms with E-state index in [-0.39, 0.29) is 12.2 Å². The fourth-order valence-electron chi connectivity index (χ4n) is 3.70. The molecule has 2 aromatic carbocycles. The van der Waals surface area contributed by atoms with E-state index in [2.05, 4.69) is 20.9 Å². The molecule has 9 heteroatoms. The number of esters is 2. The number of ether oxygens (including phenoxy) is 2. The average Bonchev–Trinajstić information content (AvgIpc) is 3.09. The van der Waals surface area contributed by atoms with E-state index in [0.717, 1.165) is 10.0 Å². The second-order valence-corrected chi connectivity index (χ2v) is 9.44. The van der Waals surface area contributed by atoms with Crippen molar-refractivity contribution in [2.75, 3.05) is 6.61 Å². The molecule has 34 heavy (non-hydrogen) atoms. The molecular formula is C25H21BrN2O5S. The Balaban J connectivity index is 1.89. The van der Waals surface area contributed by atoms with Gasteiger partial charge in [-0.1, -0.05) is 51.5 Å². The number of hydrogen-bond donors (Lipinski definition) is 0. The lowest BCUT2D eigenvalue weighted by molar-refractivity contribution is -0.139. The highest BCUT2D eigenvalue weighted by Crippen LogP contribution is 2.31. The zero-order valence-corrected chi connectivity index (χ0v) is 21.1. The fraction of sp³-hybridized carbons (Fsp3) is 0.200. The van der Waals surface area contributed by atoms with Crippen LogP contribution in [0.2, 0.25) is 0 Å². The number of allylic oxidation sites excluding steroid dienone is 1. The van der Waals surface area contributed by atoms with Crippen molar-refractivity contribution < 1.29 is 19.1 Å². The number of fused-ring (bicyclic) bond motifs is 1. The molecule has 174 valence electrons. The van der Waals surface area contributed by atoms with Crippen molar-refractivity contribution in [1.29, 1.82) is 0 Å². The minimum atomic E-state index is -0.728. The lowest BCUT2D eigenvalue weighted by atomic mass is 9.96. The van der Waals surface area contributed by atoms with Gasteiger partial charge < -0.3 is 9.47 Å². The maximum Gasteiger partial charge on any atom is 0.338 e. The molecule has 1 atom stereocenters. The smallest absolute Gasteiger partial charge is 0.338 e. The van der Waals surface area contributed by atoms with E-state index < -0.39 is 18.0 Å². The van der Waals surface area contributed by atoms with Gasteiger partial charge >= 0.3 is 11.9 Å². The number of aromatic nitrogens is 1. The van der Waals surface area contributed by atoms with Gasteiger partial charge in [0.2, 0.25) is 0 Å². The Hall–Kier alpha value is -3.30. The SMILES string of the molecule is CCOC(=O)C1=C(C)N=c2sc(=Cc3ccc(Br)cc3)c(=O)n2[C@H]1c1ccc(OC(C)=O)cc1. The average molecular weight is 541 g/mol. The summed E-state index contributed by atoms with van der Waals surface area (Å²) >= 11 is 4.68. The molecule has 1 aliphatic heterocycles. The van der Waals surface area contributed by atoms with Gasteiger partial charge in [-0.25, -0.2) is 9.79 Å². The Labute approximate surface area is 207 Å². The van der Waals surface area contributed by atoms with Crippen molar-refractivity contribution in [2.45, 2.75) is 26.8 Å². The van der Waals surface area contributed by atoms with Crippen LogP contribution in [0.15, 0.2) is 74.1 Å². The van der Waals surface area contributed by atoms with E-state index in [9.17, 15) is 14.4 Å². The lowest BCUT2D eigenvalue weighted by Gasteiger charge is -2.24. The van der Waals surface area contributed by atoms with Crippen LogP contribution in [0.25, 0.3) is 6.08 Å². The number of carbonyl (C=O) groups is 2. The first kappa shape index (κ1) is 23.8. The lowest BCUT2D eigenvalue weighted by Crippen LogP contribution is -2.39. The highest BCUT2D eigenvalue weighted by Gasteiger charge is 2.33. The molecule has 0 spiro atoms. The quantitative estimate of drug-likeness (QED) is 0.365. The molecule has 0 bridgehead atoms. The third-order valence-corrected chi connectivity index (χ3v) is 6.65. The molecule has 0 radical (unpaired) electrons. The van der Waals surface area contributed by atoms with Crippen LogP contribution in [0.3, 0.4) is 0 Å². The van der Waals surface area contributed by atoms with Gasteiger partial charge in [-0.05, 0) is 55.3 Å². The van der Waals surface area contributed by atoms with Crippen LogP contribution >= 0.6 is 27.3 Å². The van der Waals surface area contributed by atoms with E-state index in [1.165, 1.54) is 22.8 Å². The zero-order chi connectivity index (χ0) is 24.4. The summed E-state index contributed by atoms with van der Waals surface area (Å²) in [6.45, 7) is 4.98.